The lowest BCUT2D eigenvalue weighted by Crippen LogP contribution is -2.22. The lowest BCUT2D eigenvalue weighted by atomic mass is 10.1. The predicted octanol–water partition coefficient (Wildman–Crippen LogP) is 5.01. The number of aryl methyl sites for hydroxylation is 2. The highest BCUT2D eigenvalue weighted by Crippen LogP contribution is 2.30. The number of halogens is 1. The summed E-state index contributed by atoms with van der Waals surface area (Å²) >= 11 is 7.67. The van der Waals surface area contributed by atoms with Crippen LogP contribution in [0.5, 0.6) is 0 Å². The van der Waals surface area contributed by atoms with Crippen molar-refractivity contribution in [3.63, 3.8) is 0 Å². The molecule has 5 heteroatoms. The summed E-state index contributed by atoms with van der Waals surface area (Å²) in [6, 6.07) is 15.2. The van der Waals surface area contributed by atoms with Crippen molar-refractivity contribution in [2.75, 3.05) is 0 Å². The van der Waals surface area contributed by atoms with E-state index in [0.29, 0.717) is 17.1 Å². The van der Waals surface area contributed by atoms with Gasteiger partial charge in [-0.15, -0.1) is 11.3 Å². The quantitative estimate of drug-likeness (QED) is 0.713. The summed E-state index contributed by atoms with van der Waals surface area (Å²) in [7, 11) is 0. The van der Waals surface area contributed by atoms with Gasteiger partial charge in [0.25, 0.3) is 5.91 Å². The van der Waals surface area contributed by atoms with E-state index in [1.165, 1.54) is 5.56 Å². The number of amides is 1. The molecule has 122 valence electrons. The van der Waals surface area contributed by atoms with Gasteiger partial charge >= 0.3 is 0 Å². The molecular formula is C19H17ClN2OS. The van der Waals surface area contributed by atoms with Gasteiger partial charge in [0.1, 0.15) is 5.01 Å². The smallest absolute Gasteiger partial charge is 0.253 e. The van der Waals surface area contributed by atoms with Crippen LogP contribution >= 0.6 is 22.9 Å². The molecule has 0 saturated carbocycles. The van der Waals surface area contributed by atoms with Crippen molar-refractivity contribution in [1.82, 2.24) is 10.3 Å². The average Bonchev–Trinajstić information content (AvgIpc) is 2.94. The second-order valence-corrected chi connectivity index (χ2v) is 7.00. The molecule has 0 aliphatic heterocycles. The Morgan fingerprint density at radius 1 is 1.12 bits per heavy atom. The SMILES string of the molecule is Cc1ccccc1-c1nc(C)c(CNC(=O)c2ccccc2Cl)s1. The molecule has 0 atom stereocenters. The van der Waals surface area contributed by atoms with Crippen LogP contribution in [0.25, 0.3) is 10.6 Å². The standard InChI is InChI=1S/C19H17ClN2OS/c1-12-7-3-4-8-14(12)19-22-13(2)17(24-19)11-21-18(23)15-9-5-6-10-16(15)20/h3-10H,11H2,1-2H3,(H,21,23). The van der Waals surface area contributed by atoms with E-state index < -0.39 is 0 Å². The van der Waals surface area contributed by atoms with E-state index in [9.17, 15) is 4.79 Å². The molecule has 0 fully saturated rings. The maximum Gasteiger partial charge on any atom is 0.253 e. The Kier molecular flexibility index (Phi) is 4.97. The molecule has 0 radical (unpaired) electrons. The summed E-state index contributed by atoms with van der Waals surface area (Å²) in [5.41, 5.74) is 3.75. The highest BCUT2D eigenvalue weighted by Gasteiger charge is 2.13. The minimum Gasteiger partial charge on any atom is -0.347 e. The van der Waals surface area contributed by atoms with Gasteiger partial charge in [-0.2, -0.15) is 0 Å². The zero-order valence-electron chi connectivity index (χ0n) is 13.5. The molecule has 0 aliphatic carbocycles. The maximum absolute atomic E-state index is 12.3. The number of rotatable bonds is 4. The van der Waals surface area contributed by atoms with Crippen molar-refractivity contribution in [2.45, 2.75) is 20.4 Å². The van der Waals surface area contributed by atoms with Crippen LogP contribution in [0, 0.1) is 13.8 Å². The van der Waals surface area contributed by atoms with Gasteiger partial charge in [0.2, 0.25) is 0 Å². The second kappa shape index (κ2) is 7.16. The van der Waals surface area contributed by atoms with E-state index in [1.807, 2.05) is 19.1 Å². The minimum atomic E-state index is -0.175. The summed E-state index contributed by atoms with van der Waals surface area (Å²) in [5, 5.41) is 4.36. The third-order valence-corrected chi connectivity index (χ3v) is 5.32. The molecule has 0 saturated heterocycles. The van der Waals surface area contributed by atoms with Gasteiger partial charge < -0.3 is 5.32 Å². The molecule has 1 heterocycles. The number of nitrogens with one attached hydrogen (secondary N) is 1. The lowest BCUT2D eigenvalue weighted by molar-refractivity contribution is 0.0951. The van der Waals surface area contributed by atoms with Gasteiger partial charge in [-0.25, -0.2) is 4.98 Å². The van der Waals surface area contributed by atoms with E-state index in [-0.39, 0.29) is 5.91 Å². The molecule has 2 aromatic carbocycles. The predicted molar refractivity (Wildman–Crippen MR) is 99.6 cm³/mol. The van der Waals surface area contributed by atoms with Crippen molar-refractivity contribution in [2.24, 2.45) is 0 Å². The van der Waals surface area contributed by atoms with Crippen LogP contribution < -0.4 is 5.32 Å². The fraction of sp³-hybridized carbons (Fsp3) is 0.158. The summed E-state index contributed by atoms with van der Waals surface area (Å²) in [6.45, 7) is 4.49. The zero-order valence-corrected chi connectivity index (χ0v) is 15.0. The highest BCUT2D eigenvalue weighted by atomic mass is 35.5. The van der Waals surface area contributed by atoms with Crippen LogP contribution in [0.1, 0.15) is 26.5 Å². The first-order valence-corrected chi connectivity index (χ1v) is 8.80. The Morgan fingerprint density at radius 3 is 2.58 bits per heavy atom. The van der Waals surface area contributed by atoms with E-state index in [4.69, 9.17) is 11.6 Å². The van der Waals surface area contributed by atoms with E-state index in [1.54, 1.807) is 35.6 Å². The van der Waals surface area contributed by atoms with Crippen LogP contribution in [0.15, 0.2) is 48.5 Å². The normalized spacial score (nSPS) is 10.6. The number of aromatic nitrogens is 1. The van der Waals surface area contributed by atoms with Gasteiger partial charge in [-0.3, -0.25) is 4.79 Å². The second-order valence-electron chi connectivity index (χ2n) is 5.51. The molecule has 1 N–H and O–H groups in total. The molecule has 1 amide bonds. The average molecular weight is 357 g/mol. The molecule has 0 unspecified atom stereocenters. The number of benzene rings is 2. The number of nitrogens with zero attached hydrogens (tertiary/aromatic N) is 1. The fourth-order valence-electron chi connectivity index (χ4n) is 2.42. The Bertz CT molecular complexity index is 889. The molecule has 0 bridgehead atoms. The monoisotopic (exact) mass is 356 g/mol. The molecule has 3 nitrogen and oxygen atoms in total. The summed E-state index contributed by atoms with van der Waals surface area (Å²) < 4.78 is 0. The van der Waals surface area contributed by atoms with E-state index in [0.717, 1.165) is 21.1 Å². The lowest BCUT2D eigenvalue weighted by Gasteiger charge is -2.05. The first kappa shape index (κ1) is 16.7. The van der Waals surface area contributed by atoms with E-state index in [2.05, 4.69) is 29.4 Å². The molecule has 0 aliphatic rings. The van der Waals surface area contributed by atoms with Crippen LogP contribution in [0.3, 0.4) is 0 Å². The van der Waals surface area contributed by atoms with Gasteiger partial charge in [-0.05, 0) is 31.5 Å². The van der Waals surface area contributed by atoms with Crippen LogP contribution in [-0.4, -0.2) is 10.9 Å². The van der Waals surface area contributed by atoms with Crippen molar-refractivity contribution in [3.05, 3.63) is 75.3 Å². The molecular weight excluding hydrogens is 340 g/mol. The van der Waals surface area contributed by atoms with Gasteiger partial charge in [0, 0.05) is 10.4 Å². The summed E-state index contributed by atoms with van der Waals surface area (Å²) in [6.07, 6.45) is 0. The first-order chi connectivity index (χ1) is 11.6. The van der Waals surface area contributed by atoms with Gasteiger partial charge in [0.05, 0.1) is 22.8 Å². The Hall–Kier alpha value is -2.17. The van der Waals surface area contributed by atoms with Crippen molar-refractivity contribution in [3.8, 4) is 10.6 Å². The Labute approximate surface area is 150 Å². The maximum atomic E-state index is 12.3. The van der Waals surface area contributed by atoms with E-state index >= 15 is 0 Å². The number of thiazole rings is 1. The third-order valence-electron chi connectivity index (χ3n) is 3.80. The summed E-state index contributed by atoms with van der Waals surface area (Å²) in [4.78, 5) is 18.0. The molecule has 1 aromatic heterocycles. The summed E-state index contributed by atoms with van der Waals surface area (Å²) in [5.74, 6) is -0.175. The van der Waals surface area contributed by atoms with Crippen LogP contribution in [-0.2, 0) is 6.54 Å². The van der Waals surface area contributed by atoms with Gasteiger partial charge in [-0.1, -0.05) is 48.0 Å². The number of carbonyl (C=O) groups excluding carboxylic acids is 1. The minimum absolute atomic E-state index is 0.175. The topological polar surface area (TPSA) is 42.0 Å². The zero-order chi connectivity index (χ0) is 17.1. The first-order valence-electron chi connectivity index (χ1n) is 7.61. The fourth-order valence-corrected chi connectivity index (χ4v) is 3.74. The van der Waals surface area contributed by atoms with Crippen molar-refractivity contribution in [1.29, 1.82) is 0 Å². The third kappa shape index (κ3) is 3.50. The number of hydrogen-bond donors (Lipinski definition) is 1. The Morgan fingerprint density at radius 2 is 1.83 bits per heavy atom. The van der Waals surface area contributed by atoms with Crippen LogP contribution in [0.4, 0.5) is 0 Å². The molecule has 3 rings (SSSR count). The van der Waals surface area contributed by atoms with Crippen molar-refractivity contribution >= 4 is 28.8 Å². The number of carbonyl (C=O) groups is 1. The van der Waals surface area contributed by atoms with Crippen LogP contribution in [0.2, 0.25) is 5.02 Å². The van der Waals surface area contributed by atoms with Crippen molar-refractivity contribution < 1.29 is 4.79 Å². The largest absolute Gasteiger partial charge is 0.347 e. The Balaban J connectivity index is 1.76. The van der Waals surface area contributed by atoms with Gasteiger partial charge in [0.15, 0.2) is 0 Å². The molecule has 3 aromatic rings. The number of hydrogen-bond acceptors (Lipinski definition) is 3. The molecule has 0 spiro atoms. The molecule has 24 heavy (non-hydrogen) atoms. The highest BCUT2D eigenvalue weighted by molar-refractivity contribution is 7.15.